The van der Waals surface area contributed by atoms with Crippen LogP contribution in [0.2, 0.25) is 0 Å². The van der Waals surface area contributed by atoms with Crippen molar-refractivity contribution < 1.29 is 13.9 Å². The monoisotopic (exact) mass is 382 g/mol. The first-order valence-electron chi connectivity index (χ1n) is 9.15. The van der Waals surface area contributed by atoms with E-state index in [2.05, 4.69) is 11.4 Å². The van der Waals surface area contributed by atoms with E-state index in [1.165, 1.54) is 0 Å². The van der Waals surface area contributed by atoms with Crippen LogP contribution in [0.25, 0.3) is 11.0 Å². The maximum atomic E-state index is 12.7. The van der Waals surface area contributed by atoms with Gasteiger partial charge in [0.2, 0.25) is 0 Å². The predicted molar refractivity (Wildman–Crippen MR) is 111 cm³/mol. The first-order chi connectivity index (χ1) is 14.1. The summed E-state index contributed by atoms with van der Waals surface area (Å²) in [6.07, 6.45) is 0. The highest BCUT2D eigenvalue weighted by molar-refractivity contribution is 6.06. The van der Waals surface area contributed by atoms with Gasteiger partial charge in [0, 0.05) is 22.7 Å². The average Bonchev–Trinajstić information content (AvgIpc) is 3.10. The molecule has 5 nitrogen and oxygen atoms in total. The van der Waals surface area contributed by atoms with Gasteiger partial charge in [-0.1, -0.05) is 36.4 Å². The summed E-state index contributed by atoms with van der Waals surface area (Å²) in [5.74, 6) is 0.606. The Morgan fingerprint density at radius 3 is 2.72 bits per heavy atom. The number of carbonyl (C=O) groups excluding carboxylic acids is 1. The molecule has 0 saturated heterocycles. The average molecular weight is 382 g/mol. The van der Waals surface area contributed by atoms with Crippen LogP contribution < -0.4 is 10.1 Å². The number of amides is 1. The molecule has 1 amide bonds. The van der Waals surface area contributed by atoms with Crippen molar-refractivity contribution in [3.63, 3.8) is 0 Å². The van der Waals surface area contributed by atoms with Crippen LogP contribution in [0.15, 0.2) is 77.2 Å². The molecule has 0 atom stereocenters. The lowest BCUT2D eigenvalue weighted by Crippen LogP contribution is -2.12. The lowest BCUT2D eigenvalue weighted by atomic mass is 10.1. The number of aryl methyl sites for hydroxylation is 1. The van der Waals surface area contributed by atoms with Crippen LogP contribution in [0.5, 0.6) is 5.75 Å². The van der Waals surface area contributed by atoms with Crippen LogP contribution in [0, 0.1) is 18.3 Å². The Kier molecular flexibility index (Phi) is 5.00. The van der Waals surface area contributed by atoms with Gasteiger partial charge in [0.1, 0.15) is 17.9 Å². The molecular weight excluding hydrogens is 364 g/mol. The number of carbonyl (C=O) groups is 1. The number of furan rings is 1. The Morgan fingerprint density at radius 2 is 1.90 bits per heavy atom. The van der Waals surface area contributed by atoms with Crippen LogP contribution in [0.1, 0.15) is 27.2 Å². The number of hydrogen-bond acceptors (Lipinski definition) is 4. The highest BCUT2D eigenvalue weighted by Gasteiger charge is 2.17. The predicted octanol–water partition coefficient (Wildman–Crippen LogP) is 5.44. The van der Waals surface area contributed by atoms with Gasteiger partial charge in [0.25, 0.3) is 5.91 Å². The quantitative estimate of drug-likeness (QED) is 0.498. The number of para-hydroxylation sites is 1. The maximum absolute atomic E-state index is 12.7. The molecule has 0 spiro atoms. The zero-order valence-electron chi connectivity index (χ0n) is 15.8. The third kappa shape index (κ3) is 3.97. The van der Waals surface area contributed by atoms with Crippen molar-refractivity contribution in [2.75, 3.05) is 5.32 Å². The molecule has 0 aliphatic carbocycles. The third-order valence-electron chi connectivity index (χ3n) is 4.60. The number of hydrogen-bond donors (Lipinski definition) is 1. The number of nitrogens with one attached hydrogen (secondary N) is 1. The minimum Gasteiger partial charge on any atom is -0.489 e. The lowest BCUT2D eigenvalue weighted by Gasteiger charge is -2.09. The number of anilines is 1. The summed E-state index contributed by atoms with van der Waals surface area (Å²) in [4.78, 5) is 12.7. The highest BCUT2D eigenvalue weighted by atomic mass is 16.5. The van der Waals surface area contributed by atoms with E-state index in [0.29, 0.717) is 35.0 Å². The van der Waals surface area contributed by atoms with Crippen LogP contribution >= 0.6 is 0 Å². The Hall–Kier alpha value is -4.04. The highest BCUT2D eigenvalue weighted by Crippen LogP contribution is 2.26. The minimum atomic E-state index is -0.308. The van der Waals surface area contributed by atoms with Crippen molar-refractivity contribution in [1.82, 2.24) is 0 Å². The van der Waals surface area contributed by atoms with Crippen LogP contribution in [-0.4, -0.2) is 5.91 Å². The Labute approximate surface area is 168 Å². The van der Waals surface area contributed by atoms with Crippen molar-refractivity contribution in [2.45, 2.75) is 13.5 Å². The Bertz CT molecular complexity index is 1230. The van der Waals surface area contributed by atoms with Gasteiger partial charge in [0.05, 0.1) is 11.6 Å². The molecule has 4 rings (SSSR count). The third-order valence-corrected chi connectivity index (χ3v) is 4.60. The SMILES string of the molecule is Cc1c(C(=O)Nc2cccc(OCc3cccc(C#N)c3)c2)oc2ccccc12. The van der Waals surface area contributed by atoms with Gasteiger partial charge in [-0.05, 0) is 42.8 Å². The van der Waals surface area contributed by atoms with Gasteiger partial charge < -0.3 is 14.5 Å². The van der Waals surface area contributed by atoms with Gasteiger partial charge in [0.15, 0.2) is 5.76 Å². The molecule has 0 aliphatic heterocycles. The number of nitrogens with zero attached hydrogens (tertiary/aromatic N) is 1. The van der Waals surface area contributed by atoms with Gasteiger partial charge in [-0.2, -0.15) is 5.26 Å². The summed E-state index contributed by atoms with van der Waals surface area (Å²) in [5, 5.41) is 12.8. The fourth-order valence-corrected chi connectivity index (χ4v) is 3.14. The number of nitriles is 1. The van der Waals surface area contributed by atoms with E-state index in [9.17, 15) is 4.79 Å². The molecule has 1 heterocycles. The fraction of sp³-hybridized carbons (Fsp3) is 0.0833. The largest absolute Gasteiger partial charge is 0.489 e. The molecule has 0 radical (unpaired) electrons. The second-order valence-corrected chi connectivity index (χ2v) is 6.64. The summed E-state index contributed by atoms with van der Waals surface area (Å²) >= 11 is 0. The Balaban J connectivity index is 1.47. The van der Waals surface area contributed by atoms with E-state index in [1.54, 1.807) is 24.3 Å². The standard InChI is InChI=1S/C24H18N2O3/c1-16-21-10-2-3-11-22(21)29-23(16)24(27)26-19-8-5-9-20(13-19)28-15-18-7-4-6-17(12-18)14-25/h2-13H,15H2,1H3,(H,26,27). The van der Waals surface area contributed by atoms with E-state index in [0.717, 1.165) is 16.5 Å². The topological polar surface area (TPSA) is 75.3 Å². The summed E-state index contributed by atoms with van der Waals surface area (Å²) < 4.78 is 11.5. The number of rotatable bonds is 5. The van der Waals surface area contributed by atoms with Crippen molar-refractivity contribution in [1.29, 1.82) is 5.26 Å². The number of fused-ring (bicyclic) bond motifs is 1. The molecule has 0 aliphatic rings. The van der Waals surface area contributed by atoms with Crippen LogP contribution in [0.4, 0.5) is 5.69 Å². The first-order valence-corrected chi connectivity index (χ1v) is 9.15. The summed E-state index contributed by atoms with van der Waals surface area (Å²) in [6, 6.07) is 24.1. The maximum Gasteiger partial charge on any atom is 0.291 e. The van der Waals surface area contributed by atoms with E-state index in [1.807, 2.05) is 55.5 Å². The fourth-order valence-electron chi connectivity index (χ4n) is 3.14. The normalized spacial score (nSPS) is 10.5. The molecule has 0 unspecified atom stereocenters. The molecule has 1 N–H and O–H groups in total. The summed E-state index contributed by atoms with van der Waals surface area (Å²) in [6.45, 7) is 2.20. The van der Waals surface area contributed by atoms with E-state index >= 15 is 0 Å². The zero-order valence-corrected chi connectivity index (χ0v) is 15.8. The van der Waals surface area contributed by atoms with Crippen molar-refractivity contribution in [2.24, 2.45) is 0 Å². The summed E-state index contributed by atoms with van der Waals surface area (Å²) in [7, 11) is 0. The van der Waals surface area contributed by atoms with Crippen molar-refractivity contribution in [3.05, 3.63) is 95.2 Å². The minimum absolute atomic E-state index is 0.297. The molecule has 0 saturated carbocycles. The van der Waals surface area contributed by atoms with Gasteiger partial charge in [-0.3, -0.25) is 4.79 Å². The van der Waals surface area contributed by atoms with Gasteiger partial charge in [-0.15, -0.1) is 0 Å². The molecule has 0 fully saturated rings. The molecular formula is C24H18N2O3. The van der Waals surface area contributed by atoms with Crippen LogP contribution in [-0.2, 0) is 6.61 Å². The van der Waals surface area contributed by atoms with Crippen molar-refractivity contribution >= 4 is 22.6 Å². The molecule has 5 heteroatoms. The molecule has 4 aromatic rings. The first kappa shape index (κ1) is 18.3. The number of ether oxygens (including phenoxy) is 1. The molecule has 1 aromatic heterocycles. The van der Waals surface area contributed by atoms with Gasteiger partial charge in [-0.25, -0.2) is 0 Å². The second-order valence-electron chi connectivity index (χ2n) is 6.64. The van der Waals surface area contributed by atoms with Gasteiger partial charge >= 0.3 is 0 Å². The van der Waals surface area contributed by atoms with Crippen LogP contribution in [0.3, 0.4) is 0 Å². The van der Waals surface area contributed by atoms with E-state index in [4.69, 9.17) is 14.4 Å². The van der Waals surface area contributed by atoms with E-state index in [-0.39, 0.29) is 5.91 Å². The smallest absolute Gasteiger partial charge is 0.291 e. The number of benzene rings is 3. The molecule has 0 bridgehead atoms. The van der Waals surface area contributed by atoms with E-state index < -0.39 is 0 Å². The molecule has 142 valence electrons. The molecule has 29 heavy (non-hydrogen) atoms. The lowest BCUT2D eigenvalue weighted by molar-refractivity contribution is 0.0998. The molecule has 3 aromatic carbocycles. The summed E-state index contributed by atoms with van der Waals surface area (Å²) in [5.41, 5.74) is 3.59. The second kappa shape index (κ2) is 7.91. The zero-order chi connectivity index (χ0) is 20.2. The Morgan fingerprint density at radius 1 is 1.07 bits per heavy atom. The van der Waals surface area contributed by atoms with Crippen molar-refractivity contribution in [3.8, 4) is 11.8 Å².